The molecule has 4 aliphatic carbocycles. The van der Waals surface area contributed by atoms with Crippen molar-refractivity contribution in [2.45, 2.75) is 86.8 Å². The number of aliphatic hydroxyl groups excluding tert-OH is 1. The number of fused-ring (bicyclic) bond motifs is 1. The molecule has 36 heavy (non-hydrogen) atoms. The number of hydrogen-bond donors (Lipinski definition) is 2. The van der Waals surface area contributed by atoms with Crippen molar-refractivity contribution in [3.8, 4) is 11.5 Å². The maximum Gasteiger partial charge on any atom is 0.522 e. The first-order chi connectivity index (χ1) is 17.0. The van der Waals surface area contributed by atoms with Gasteiger partial charge in [-0.3, -0.25) is 14.2 Å². The van der Waals surface area contributed by atoms with Crippen LogP contribution in [-0.2, 0) is 15.1 Å². The van der Waals surface area contributed by atoms with Crippen molar-refractivity contribution in [2.24, 2.45) is 0 Å². The van der Waals surface area contributed by atoms with Gasteiger partial charge in [-0.15, -0.1) is 13.2 Å². The number of carbonyl (C=O) groups is 1. The molecule has 1 aliphatic heterocycles. The lowest BCUT2D eigenvalue weighted by Crippen LogP contribution is -2.79. The minimum atomic E-state index is -4.64. The number of carbonyl (C=O) groups excluding carboxylic acids is 1. The molecule has 1 aromatic heterocycles. The Hall–Kier alpha value is -2.50. The summed E-state index contributed by atoms with van der Waals surface area (Å²) in [6.07, 6.45) is -0.910. The van der Waals surface area contributed by atoms with E-state index in [0.29, 0.717) is 54.2 Å². The first-order valence-electron chi connectivity index (χ1n) is 11.9. The highest BCUT2D eigenvalue weighted by molar-refractivity contribution is 6.30. The largest absolute Gasteiger partial charge is 0.522 e. The van der Waals surface area contributed by atoms with E-state index in [1.54, 1.807) is 30.6 Å². The van der Waals surface area contributed by atoms with E-state index in [1.165, 1.54) is 0 Å². The maximum absolute atomic E-state index is 12.9. The number of ether oxygens (including phenoxy) is 3. The lowest BCUT2D eigenvalue weighted by atomic mass is 9.44. The summed E-state index contributed by atoms with van der Waals surface area (Å²) in [6.45, 7) is 0. The van der Waals surface area contributed by atoms with Crippen LogP contribution in [0.5, 0.6) is 11.5 Å². The van der Waals surface area contributed by atoms with Crippen LogP contribution in [0.2, 0.25) is 5.02 Å². The zero-order valence-corrected chi connectivity index (χ0v) is 19.9. The van der Waals surface area contributed by atoms with Crippen LogP contribution in [-0.4, -0.2) is 51.0 Å². The van der Waals surface area contributed by atoms with E-state index in [0.717, 1.165) is 0 Å². The zero-order valence-electron chi connectivity index (χ0n) is 19.1. The predicted octanol–water partition coefficient (Wildman–Crippen LogP) is 4.01. The Bertz CT molecular complexity index is 1170. The highest BCUT2D eigenvalue weighted by Crippen LogP contribution is 2.65. The Labute approximate surface area is 209 Å². The fourth-order valence-corrected chi connectivity index (χ4v) is 6.33. The SMILES string of the molecule is O=C(NC12CC(n3cc(OC4CC[C@@H](OC(F)(F)F)C4)cn3)(C1)C2)[C@H]1C[C@@H](O)c2cc(Cl)ccc2O1. The van der Waals surface area contributed by atoms with E-state index < -0.39 is 24.7 Å². The summed E-state index contributed by atoms with van der Waals surface area (Å²) in [4.78, 5) is 12.9. The highest BCUT2D eigenvalue weighted by atomic mass is 35.5. The standard InChI is InChI=1S/C24H25ClF3N3O5/c25-13-1-4-19-17(5-13)18(32)7-20(35-19)21(33)30-22-10-23(11-22,12-22)31-9-16(8-29-31)34-14-2-3-15(6-14)36-24(26,27)28/h1,4-5,8-9,14-15,18,20,32H,2-3,6-7,10-12H2,(H,30,33)/t14?,15-,18-,20-,22?,23?/m1/s1. The van der Waals surface area contributed by atoms with Gasteiger partial charge in [0.15, 0.2) is 11.9 Å². The molecule has 8 nitrogen and oxygen atoms in total. The van der Waals surface area contributed by atoms with Crippen molar-refractivity contribution in [1.29, 1.82) is 0 Å². The van der Waals surface area contributed by atoms with Gasteiger partial charge in [-0.1, -0.05) is 11.6 Å². The summed E-state index contributed by atoms with van der Waals surface area (Å²) in [7, 11) is 0. The number of aliphatic hydroxyl groups is 1. The predicted molar refractivity (Wildman–Crippen MR) is 120 cm³/mol. The number of hydrogen-bond acceptors (Lipinski definition) is 6. The Morgan fingerprint density at radius 1 is 1.22 bits per heavy atom. The molecule has 4 saturated carbocycles. The third kappa shape index (κ3) is 4.31. The molecule has 194 valence electrons. The first kappa shape index (κ1) is 23.9. The lowest BCUT2D eigenvalue weighted by molar-refractivity contribution is -0.341. The van der Waals surface area contributed by atoms with Gasteiger partial charge in [-0.05, 0) is 50.3 Å². The third-order valence-electron chi connectivity index (χ3n) is 7.70. The zero-order chi connectivity index (χ0) is 25.3. The number of benzene rings is 1. The van der Waals surface area contributed by atoms with Gasteiger partial charge >= 0.3 is 6.36 Å². The average molecular weight is 528 g/mol. The molecule has 12 heteroatoms. The summed E-state index contributed by atoms with van der Waals surface area (Å²) in [6, 6.07) is 4.95. The molecule has 7 rings (SSSR count). The molecule has 2 heterocycles. The van der Waals surface area contributed by atoms with Crippen molar-refractivity contribution >= 4 is 17.5 Å². The van der Waals surface area contributed by atoms with Crippen molar-refractivity contribution in [1.82, 2.24) is 15.1 Å². The Kier molecular flexibility index (Phi) is 5.47. The molecular weight excluding hydrogens is 503 g/mol. The second-order valence-electron chi connectivity index (χ2n) is 10.4. The van der Waals surface area contributed by atoms with Gasteiger partial charge in [0.25, 0.3) is 5.91 Å². The minimum absolute atomic E-state index is 0.149. The number of nitrogens with one attached hydrogen (secondary N) is 1. The van der Waals surface area contributed by atoms with Crippen LogP contribution in [0.25, 0.3) is 0 Å². The molecule has 4 atom stereocenters. The monoisotopic (exact) mass is 527 g/mol. The number of amides is 1. The smallest absolute Gasteiger partial charge is 0.487 e. The number of aromatic nitrogens is 2. The molecule has 2 bridgehead atoms. The Morgan fingerprint density at radius 3 is 2.72 bits per heavy atom. The van der Waals surface area contributed by atoms with Gasteiger partial charge in [0.1, 0.15) is 11.9 Å². The van der Waals surface area contributed by atoms with Crippen molar-refractivity contribution in [3.05, 3.63) is 41.2 Å². The van der Waals surface area contributed by atoms with Crippen LogP contribution in [0.3, 0.4) is 0 Å². The first-order valence-corrected chi connectivity index (χ1v) is 12.3. The van der Waals surface area contributed by atoms with Crippen molar-refractivity contribution in [3.63, 3.8) is 0 Å². The molecule has 1 aromatic carbocycles. The van der Waals surface area contributed by atoms with Crippen LogP contribution >= 0.6 is 11.6 Å². The van der Waals surface area contributed by atoms with Crippen LogP contribution < -0.4 is 14.8 Å². The highest BCUT2D eigenvalue weighted by Gasteiger charge is 2.70. The number of rotatable bonds is 6. The number of halogens is 4. The summed E-state index contributed by atoms with van der Waals surface area (Å²) in [5.74, 6) is 0.707. The summed E-state index contributed by atoms with van der Waals surface area (Å²) in [5.41, 5.74) is 0.0448. The molecule has 0 saturated heterocycles. The van der Waals surface area contributed by atoms with Gasteiger partial charge in [0.2, 0.25) is 0 Å². The second-order valence-corrected chi connectivity index (χ2v) is 10.9. The van der Waals surface area contributed by atoms with Crippen molar-refractivity contribution < 1.29 is 37.3 Å². The third-order valence-corrected chi connectivity index (χ3v) is 7.94. The molecule has 0 radical (unpaired) electrons. The van der Waals surface area contributed by atoms with Gasteiger partial charge in [-0.25, -0.2) is 0 Å². The van der Waals surface area contributed by atoms with E-state index in [9.17, 15) is 23.1 Å². The Balaban J connectivity index is 1.01. The van der Waals surface area contributed by atoms with Gasteiger partial charge in [-0.2, -0.15) is 5.10 Å². The fourth-order valence-electron chi connectivity index (χ4n) is 6.15. The summed E-state index contributed by atoms with van der Waals surface area (Å²) >= 11 is 5.99. The second kappa shape index (κ2) is 8.26. The van der Waals surface area contributed by atoms with E-state index in [-0.39, 0.29) is 35.9 Å². The number of alkyl halides is 3. The molecule has 2 N–H and O–H groups in total. The molecule has 1 unspecified atom stereocenters. The van der Waals surface area contributed by atoms with Gasteiger partial charge in [0, 0.05) is 29.0 Å². The molecule has 0 spiro atoms. The van der Waals surface area contributed by atoms with E-state index in [1.807, 2.05) is 4.68 Å². The van der Waals surface area contributed by atoms with Crippen molar-refractivity contribution in [2.75, 3.05) is 0 Å². The minimum Gasteiger partial charge on any atom is -0.487 e. The lowest BCUT2D eigenvalue weighted by Gasteiger charge is -2.70. The summed E-state index contributed by atoms with van der Waals surface area (Å²) in [5, 5.41) is 18.4. The van der Waals surface area contributed by atoms with E-state index in [2.05, 4.69) is 15.2 Å². The van der Waals surface area contributed by atoms with Crippen LogP contribution in [0.15, 0.2) is 30.6 Å². The molecule has 5 aliphatic rings. The normalized spacial score (nSPS) is 34.7. The topological polar surface area (TPSA) is 94.8 Å². The van der Waals surface area contributed by atoms with Gasteiger partial charge < -0.3 is 19.9 Å². The number of nitrogens with zero attached hydrogens (tertiary/aromatic N) is 2. The molecular formula is C24H25ClF3N3O5. The Morgan fingerprint density at radius 2 is 1.97 bits per heavy atom. The van der Waals surface area contributed by atoms with Crippen LogP contribution in [0.1, 0.15) is 56.6 Å². The molecule has 4 fully saturated rings. The van der Waals surface area contributed by atoms with E-state index >= 15 is 0 Å². The maximum atomic E-state index is 12.9. The molecule has 2 aromatic rings. The van der Waals surface area contributed by atoms with E-state index in [4.69, 9.17) is 21.1 Å². The fraction of sp³-hybridized carbons (Fsp3) is 0.583. The average Bonchev–Trinajstić information content (AvgIpc) is 3.38. The van der Waals surface area contributed by atoms with Gasteiger partial charge in [0.05, 0.1) is 30.1 Å². The van der Waals surface area contributed by atoms with Crippen LogP contribution in [0, 0.1) is 0 Å². The molecule has 1 amide bonds. The van der Waals surface area contributed by atoms with Crippen LogP contribution in [0.4, 0.5) is 13.2 Å². The summed E-state index contributed by atoms with van der Waals surface area (Å²) < 4.78 is 54.9. The quantitative estimate of drug-likeness (QED) is 0.589.